The van der Waals surface area contributed by atoms with E-state index in [1.165, 1.54) is 5.56 Å². The predicted molar refractivity (Wildman–Crippen MR) is 78.7 cm³/mol. The van der Waals surface area contributed by atoms with Crippen molar-refractivity contribution in [2.75, 3.05) is 20.7 Å². The van der Waals surface area contributed by atoms with E-state index in [0.717, 1.165) is 18.6 Å². The number of carbonyl (C=O) groups is 1. The van der Waals surface area contributed by atoms with Crippen molar-refractivity contribution in [3.63, 3.8) is 0 Å². The molecule has 0 radical (unpaired) electrons. The number of hydrogen-bond donors (Lipinski definition) is 0. The molecule has 0 aliphatic rings. The van der Waals surface area contributed by atoms with Crippen molar-refractivity contribution in [2.24, 2.45) is 0 Å². The Bertz CT molecular complexity index is 403. The van der Waals surface area contributed by atoms with Crippen LogP contribution in [-0.2, 0) is 11.2 Å². The smallest absolute Gasteiger partial charge is 0.146 e. The zero-order valence-corrected chi connectivity index (χ0v) is 12.5. The first-order valence-electron chi connectivity index (χ1n) is 6.92. The van der Waals surface area contributed by atoms with E-state index < -0.39 is 0 Å². The summed E-state index contributed by atoms with van der Waals surface area (Å²) in [6.45, 7) is 4.71. The molecule has 1 rings (SSSR count). The first-order chi connectivity index (χ1) is 9.08. The van der Waals surface area contributed by atoms with Gasteiger partial charge in [0.15, 0.2) is 0 Å². The highest BCUT2D eigenvalue weighted by Gasteiger charge is 2.14. The Morgan fingerprint density at radius 1 is 1.37 bits per heavy atom. The summed E-state index contributed by atoms with van der Waals surface area (Å²) in [6.07, 6.45) is 2.49. The molecule has 0 aromatic heterocycles. The number of nitrogens with zero attached hydrogens (tertiary/aromatic N) is 1. The van der Waals surface area contributed by atoms with Gasteiger partial charge < -0.3 is 4.74 Å². The zero-order chi connectivity index (χ0) is 14.3. The van der Waals surface area contributed by atoms with Gasteiger partial charge in [0.25, 0.3) is 0 Å². The number of likely N-dealkylation sites (N-methyl/N-ethyl adjacent to an activating group) is 1. The fraction of sp³-hybridized carbons (Fsp3) is 0.562. The number of hydrogen-bond acceptors (Lipinski definition) is 3. The summed E-state index contributed by atoms with van der Waals surface area (Å²) in [4.78, 5) is 13.8. The van der Waals surface area contributed by atoms with E-state index in [-0.39, 0.29) is 0 Å². The van der Waals surface area contributed by atoms with Gasteiger partial charge in [0.05, 0.1) is 13.7 Å². The summed E-state index contributed by atoms with van der Waals surface area (Å²) in [5.41, 5.74) is 1.19. The number of benzene rings is 1. The van der Waals surface area contributed by atoms with Crippen molar-refractivity contribution in [2.45, 2.75) is 39.2 Å². The van der Waals surface area contributed by atoms with Crippen molar-refractivity contribution in [1.29, 1.82) is 0 Å². The molecule has 3 nitrogen and oxygen atoms in total. The summed E-state index contributed by atoms with van der Waals surface area (Å²) >= 11 is 0. The third-order valence-corrected chi connectivity index (χ3v) is 3.41. The first-order valence-corrected chi connectivity index (χ1v) is 6.92. The Morgan fingerprint density at radius 3 is 2.68 bits per heavy atom. The van der Waals surface area contributed by atoms with Gasteiger partial charge in [0.1, 0.15) is 11.5 Å². The SMILES string of the molecule is CCCC(=O)CN(C)C(C)Cc1ccccc1OC. The van der Waals surface area contributed by atoms with Gasteiger partial charge in [0.2, 0.25) is 0 Å². The number of ether oxygens (including phenoxy) is 1. The maximum atomic E-state index is 11.7. The Labute approximate surface area is 116 Å². The maximum Gasteiger partial charge on any atom is 0.146 e. The minimum absolute atomic E-state index is 0.317. The fourth-order valence-electron chi connectivity index (χ4n) is 2.14. The zero-order valence-electron chi connectivity index (χ0n) is 12.5. The van der Waals surface area contributed by atoms with Crippen LogP contribution in [-0.4, -0.2) is 37.4 Å². The molecular formula is C16H25NO2. The van der Waals surface area contributed by atoms with E-state index in [9.17, 15) is 4.79 Å². The molecule has 19 heavy (non-hydrogen) atoms. The van der Waals surface area contributed by atoms with Crippen LogP contribution in [0.15, 0.2) is 24.3 Å². The van der Waals surface area contributed by atoms with Crippen LogP contribution in [0, 0.1) is 0 Å². The van der Waals surface area contributed by atoms with Gasteiger partial charge in [-0.05, 0) is 38.4 Å². The fourth-order valence-corrected chi connectivity index (χ4v) is 2.14. The molecule has 0 saturated carbocycles. The molecule has 0 saturated heterocycles. The van der Waals surface area contributed by atoms with Gasteiger partial charge in [-0.2, -0.15) is 0 Å². The lowest BCUT2D eigenvalue weighted by atomic mass is 10.0. The van der Waals surface area contributed by atoms with Crippen molar-refractivity contribution in [3.8, 4) is 5.75 Å². The van der Waals surface area contributed by atoms with Crippen molar-refractivity contribution < 1.29 is 9.53 Å². The Balaban J connectivity index is 2.58. The van der Waals surface area contributed by atoms with E-state index in [4.69, 9.17) is 4.74 Å². The quantitative estimate of drug-likeness (QED) is 0.722. The topological polar surface area (TPSA) is 29.5 Å². The van der Waals surface area contributed by atoms with Gasteiger partial charge in [-0.15, -0.1) is 0 Å². The summed E-state index contributed by atoms with van der Waals surface area (Å²) in [7, 11) is 3.70. The van der Waals surface area contributed by atoms with Crippen LogP contribution < -0.4 is 4.74 Å². The molecule has 0 amide bonds. The molecule has 1 aromatic carbocycles. The highest BCUT2D eigenvalue weighted by Crippen LogP contribution is 2.20. The molecule has 0 aliphatic heterocycles. The number of rotatable bonds is 8. The number of carbonyl (C=O) groups excluding carboxylic acids is 1. The summed E-state index contributed by atoms with van der Waals surface area (Å²) in [5, 5.41) is 0. The number of ketones is 1. The molecule has 1 aromatic rings. The van der Waals surface area contributed by atoms with E-state index in [1.54, 1.807) is 7.11 Å². The minimum Gasteiger partial charge on any atom is -0.496 e. The van der Waals surface area contributed by atoms with Crippen molar-refractivity contribution in [3.05, 3.63) is 29.8 Å². The van der Waals surface area contributed by atoms with Crippen LogP contribution in [0.3, 0.4) is 0 Å². The molecule has 0 spiro atoms. The predicted octanol–water partition coefficient (Wildman–Crippen LogP) is 2.93. The average Bonchev–Trinajstić information content (AvgIpc) is 2.39. The van der Waals surface area contributed by atoms with E-state index in [2.05, 4.69) is 17.9 Å². The summed E-state index contributed by atoms with van der Waals surface area (Å²) < 4.78 is 5.36. The van der Waals surface area contributed by atoms with Crippen LogP contribution in [0.25, 0.3) is 0 Å². The maximum absolute atomic E-state index is 11.7. The highest BCUT2D eigenvalue weighted by atomic mass is 16.5. The molecule has 1 atom stereocenters. The Morgan fingerprint density at radius 2 is 2.05 bits per heavy atom. The van der Waals surface area contributed by atoms with Crippen LogP contribution in [0.4, 0.5) is 0 Å². The molecule has 0 N–H and O–H groups in total. The molecule has 1 unspecified atom stereocenters. The van der Waals surface area contributed by atoms with E-state index in [1.807, 2.05) is 32.2 Å². The number of para-hydroxylation sites is 1. The standard InChI is InChI=1S/C16H25NO2/c1-5-8-15(18)12-17(3)13(2)11-14-9-6-7-10-16(14)19-4/h6-7,9-10,13H,5,8,11-12H2,1-4H3. The van der Waals surface area contributed by atoms with Crippen molar-refractivity contribution >= 4 is 5.78 Å². The second-order valence-corrected chi connectivity index (χ2v) is 5.07. The highest BCUT2D eigenvalue weighted by molar-refractivity contribution is 5.80. The minimum atomic E-state index is 0.317. The lowest BCUT2D eigenvalue weighted by Crippen LogP contribution is -2.35. The van der Waals surface area contributed by atoms with Crippen LogP contribution in [0.2, 0.25) is 0 Å². The third-order valence-electron chi connectivity index (χ3n) is 3.41. The Hall–Kier alpha value is -1.35. The summed E-state index contributed by atoms with van der Waals surface area (Å²) in [5.74, 6) is 1.24. The normalized spacial score (nSPS) is 12.5. The molecular weight excluding hydrogens is 238 g/mol. The van der Waals surface area contributed by atoms with Gasteiger partial charge in [0, 0.05) is 12.5 Å². The molecule has 0 fully saturated rings. The molecule has 3 heteroatoms. The first kappa shape index (κ1) is 15.7. The Kier molecular flexibility index (Phi) is 6.57. The van der Waals surface area contributed by atoms with Crippen LogP contribution >= 0.6 is 0 Å². The van der Waals surface area contributed by atoms with Gasteiger partial charge >= 0.3 is 0 Å². The molecule has 0 bridgehead atoms. The van der Waals surface area contributed by atoms with Crippen molar-refractivity contribution in [1.82, 2.24) is 4.90 Å². The summed E-state index contributed by atoms with van der Waals surface area (Å²) in [6, 6.07) is 8.37. The second kappa shape index (κ2) is 7.95. The number of Topliss-reactive ketones (excluding diaryl/α,β-unsaturated/α-hetero) is 1. The molecule has 106 valence electrons. The van der Waals surface area contributed by atoms with Gasteiger partial charge in [-0.3, -0.25) is 9.69 Å². The molecule has 0 heterocycles. The van der Waals surface area contributed by atoms with Gasteiger partial charge in [-0.25, -0.2) is 0 Å². The van der Waals surface area contributed by atoms with Crippen LogP contribution in [0.5, 0.6) is 5.75 Å². The third kappa shape index (κ3) is 5.03. The second-order valence-electron chi connectivity index (χ2n) is 5.07. The van der Waals surface area contributed by atoms with Crippen LogP contribution in [0.1, 0.15) is 32.3 Å². The van der Waals surface area contributed by atoms with E-state index in [0.29, 0.717) is 24.8 Å². The van der Waals surface area contributed by atoms with Gasteiger partial charge in [-0.1, -0.05) is 25.1 Å². The monoisotopic (exact) mass is 263 g/mol. The average molecular weight is 263 g/mol. The lowest BCUT2D eigenvalue weighted by Gasteiger charge is -2.24. The largest absolute Gasteiger partial charge is 0.496 e. The lowest BCUT2D eigenvalue weighted by molar-refractivity contribution is -0.120. The molecule has 0 aliphatic carbocycles. The van der Waals surface area contributed by atoms with E-state index >= 15 is 0 Å². The number of methoxy groups -OCH3 is 1.